The van der Waals surface area contributed by atoms with Crippen molar-refractivity contribution >= 4 is 5.97 Å². The average Bonchev–Trinajstić information content (AvgIpc) is 2.91. The fourth-order valence-corrected chi connectivity index (χ4v) is 3.14. The number of nitrogens with one attached hydrogen (secondary N) is 1. The standard InChI is InChI=1S/C16H32N2O2/c1-5-14-9-12-18(13-14)11-8-7-10-16(3,17-6-2)15(19)20-4/h14,17H,5-13H2,1-4H3. The van der Waals surface area contributed by atoms with Crippen LogP contribution in [0.4, 0.5) is 0 Å². The van der Waals surface area contributed by atoms with E-state index >= 15 is 0 Å². The Kier molecular flexibility index (Phi) is 7.52. The van der Waals surface area contributed by atoms with E-state index in [1.807, 2.05) is 13.8 Å². The van der Waals surface area contributed by atoms with Crippen molar-refractivity contribution < 1.29 is 9.53 Å². The molecular weight excluding hydrogens is 252 g/mol. The summed E-state index contributed by atoms with van der Waals surface area (Å²) in [4.78, 5) is 14.4. The van der Waals surface area contributed by atoms with Crippen LogP contribution in [0.25, 0.3) is 0 Å². The lowest BCUT2D eigenvalue weighted by Crippen LogP contribution is -2.50. The van der Waals surface area contributed by atoms with Crippen LogP contribution >= 0.6 is 0 Å². The van der Waals surface area contributed by atoms with Crippen molar-refractivity contribution in [3.63, 3.8) is 0 Å². The van der Waals surface area contributed by atoms with Crippen molar-refractivity contribution in [2.75, 3.05) is 33.3 Å². The predicted octanol–water partition coefficient (Wildman–Crippen LogP) is 2.43. The molecule has 20 heavy (non-hydrogen) atoms. The number of hydrogen-bond acceptors (Lipinski definition) is 4. The second-order valence-corrected chi connectivity index (χ2v) is 6.17. The van der Waals surface area contributed by atoms with Crippen LogP contribution in [0, 0.1) is 5.92 Å². The lowest BCUT2D eigenvalue weighted by atomic mass is 9.94. The maximum Gasteiger partial charge on any atom is 0.325 e. The Hall–Kier alpha value is -0.610. The van der Waals surface area contributed by atoms with E-state index in [1.165, 1.54) is 39.6 Å². The number of carbonyl (C=O) groups is 1. The summed E-state index contributed by atoms with van der Waals surface area (Å²) in [6, 6.07) is 0. The van der Waals surface area contributed by atoms with Crippen LogP contribution in [0.2, 0.25) is 0 Å². The second kappa shape index (κ2) is 8.63. The molecule has 1 saturated heterocycles. The third-order valence-electron chi connectivity index (χ3n) is 4.55. The smallest absolute Gasteiger partial charge is 0.325 e. The minimum atomic E-state index is -0.527. The number of hydrogen-bond donors (Lipinski definition) is 1. The SMILES string of the molecule is CCNC(C)(CCCCN1CCC(CC)C1)C(=O)OC. The first-order valence-electron chi connectivity index (χ1n) is 8.11. The van der Waals surface area contributed by atoms with Gasteiger partial charge in [-0.3, -0.25) is 4.79 Å². The molecule has 2 atom stereocenters. The first kappa shape index (κ1) is 17.4. The molecule has 1 rings (SSSR count). The summed E-state index contributed by atoms with van der Waals surface area (Å²) in [5, 5.41) is 3.27. The maximum absolute atomic E-state index is 11.9. The molecule has 0 bridgehead atoms. The summed E-state index contributed by atoms with van der Waals surface area (Å²) >= 11 is 0. The Morgan fingerprint density at radius 1 is 1.40 bits per heavy atom. The van der Waals surface area contributed by atoms with E-state index in [4.69, 9.17) is 4.74 Å². The van der Waals surface area contributed by atoms with Gasteiger partial charge in [-0.05, 0) is 58.2 Å². The lowest BCUT2D eigenvalue weighted by Gasteiger charge is -2.27. The van der Waals surface area contributed by atoms with Crippen LogP contribution in [0.5, 0.6) is 0 Å². The number of ether oxygens (including phenoxy) is 1. The highest BCUT2D eigenvalue weighted by Gasteiger charge is 2.32. The van der Waals surface area contributed by atoms with Crippen molar-refractivity contribution in [2.24, 2.45) is 5.92 Å². The van der Waals surface area contributed by atoms with Gasteiger partial charge in [-0.1, -0.05) is 20.3 Å². The zero-order valence-electron chi connectivity index (χ0n) is 13.7. The Labute approximate surface area is 124 Å². The Morgan fingerprint density at radius 2 is 2.15 bits per heavy atom. The number of rotatable bonds is 9. The summed E-state index contributed by atoms with van der Waals surface area (Å²) in [5.41, 5.74) is -0.527. The molecule has 0 aliphatic carbocycles. The summed E-state index contributed by atoms with van der Waals surface area (Å²) in [6.07, 6.45) is 5.73. The van der Waals surface area contributed by atoms with Crippen molar-refractivity contribution in [1.29, 1.82) is 0 Å². The molecule has 0 aromatic rings. The third-order valence-corrected chi connectivity index (χ3v) is 4.55. The molecule has 1 N–H and O–H groups in total. The Balaban J connectivity index is 2.26. The van der Waals surface area contributed by atoms with Crippen molar-refractivity contribution in [2.45, 2.75) is 58.4 Å². The highest BCUT2D eigenvalue weighted by atomic mass is 16.5. The molecule has 1 heterocycles. The van der Waals surface area contributed by atoms with Gasteiger partial charge in [0, 0.05) is 6.54 Å². The van der Waals surface area contributed by atoms with Gasteiger partial charge < -0.3 is 15.0 Å². The van der Waals surface area contributed by atoms with E-state index in [1.54, 1.807) is 0 Å². The molecule has 4 heteroatoms. The zero-order valence-corrected chi connectivity index (χ0v) is 13.7. The fourth-order valence-electron chi connectivity index (χ4n) is 3.14. The molecule has 1 fully saturated rings. The zero-order chi connectivity index (χ0) is 15.0. The summed E-state index contributed by atoms with van der Waals surface area (Å²) in [5.74, 6) is 0.753. The number of carbonyl (C=O) groups excluding carboxylic acids is 1. The van der Waals surface area contributed by atoms with Crippen LogP contribution in [0.1, 0.15) is 52.9 Å². The molecule has 0 spiro atoms. The van der Waals surface area contributed by atoms with Gasteiger partial charge in [-0.25, -0.2) is 0 Å². The summed E-state index contributed by atoms with van der Waals surface area (Å²) in [7, 11) is 1.47. The predicted molar refractivity (Wildman–Crippen MR) is 82.8 cm³/mol. The topological polar surface area (TPSA) is 41.6 Å². The molecule has 4 nitrogen and oxygen atoms in total. The number of methoxy groups -OCH3 is 1. The van der Waals surface area contributed by atoms with Crippen LogP contribution in [-0.2, 0) is 9.53 Å². The number of unbranched alkanes of at least 4 members (excludes halogenated alkanes) is 1. The van der Waals surface area contributed by atoms with Crippen molar-refractivity contribution in [3.8, 4) is 0 Å². The van der Waals surface area contributed by atoms with Gasteiger partial charge in [0.2, 0.25) is 0 Å². The summed E-state index contributed by atoms with van der Waals surface area (Å²) in [6.45, 7) is 10.7. The number of nitrogens with zero attached hydrogens (tertiary/aromatic N) is 1. The van der Waals surface area contributed by atoms with E-state index in [0.717, 1.165) is 31.7 Å². The van der Waals surface area contributed by atoms with Crippen LogP contribution < -0.4 is 5.32 Å². The van der Waals surface area contributed by atoms with E-state index in [0.29, 0.717) is 0 Å². The average molecular weight is 284 g/mol. The number of esters is 1. The molecule has 118 valence electrons. The van der Waals surface area contributed by atoms with E-state index in [-0.39, 0.29) is 5.97 Å². The normalized spacial score (nSPS) is 22.7. The molecule has 1 aliphatic heterocycles. The van der Waals surface area contributed by atoms with Crippen molar-refractivity contribution in [3.05, 3.63) is 0 Å². The number of likely N-dealkylation sites (N-methyl/N-ethyl adjacent to an activating group) is 1. The first-order valence-corrected chi connectivity index (χ1v) is 8.11. The van der Waals surface area contributed by atoms with Gasteiger partial charge in [0.15, 0.2) is 0 Å². The van der Waals surface area contributed by atoms with Gasteiger partial charge in [0.25, 0.3) is 0 Å². The van der Waals surface area contributed by atoms with Gasteiger partial charge in [-0.15, -0.1) is 0 Å². The minimum Gasteiger partial charge on any atom is -0.468 e. The Bertz CT molecular complexity index is 296. The van der Waals surface area contributed by atoms with Gasteiger partial charge in [0.1, 0.15) is 5.54 Å². The second-order valence-electron chi connectivity index (χ2n) is 6.17. The molecule has 0 radical (unpaired) electrons. The lowest BCUT2D eigenvalue weighted by molar-refractivity contribution is -0.148. The van der Waals surface area contributed by atoms with Crippen LogP contribution in [0.15, 0.2) is 0 Å². The van der Waals surface area contributed by atoms with Crippen molar-refractivity contribution in [1.82, 2.24) is 10.2 Å². The quantitative estimate of drug-likeness (QED) is 0.521. The van der Waals surface area contributed by atoms with Gasteiger partial charge in [-0.2, -0.15) is 0 Å². The maximum atomic E-state index is 11.9. The summed E-state index contributed by atoms with van der Waals surface area (Å²) < 4.78 is 4.92. The highest BCUT2D eigenvalue weighted by molar-refractivity contribution is 5.80. The van der Waals surface area contributed by atoms with Crippen LogP contribution in [0.3, 0.4) is 0 Å². The molecule has 2 unspecified atom stereocenters. The molecule has 1 aliphatic rings. The minimum absolute atomic E-state index is 0.147. The third kappa shape index (κ3) is 5.06. The van der Waals surface area contributed by atoms with E-state index in [9.17, 15) is 4.79 Å². The molecule has 0 aromatic heterocycles. The fraction of sp³-hybridized carbons (Fsp3) is 0.938. The molecular formula is C16H32N2O2. The van der Waals surface area contributed by atoms with Gasteiger partial charge in [0.05, 0.1) is 7.11 Å². The molecule has 0 saturated carbocycles. The Morgan fingerprint density at radius 3 is 2.70 bits per heavy atom. The van der Waals surface area contributed by atoms with Gasteiger partial charge >= 0.3 is 5.97 Å². The number of likely N-dealkylation sites (tertiary alicyclic amines) is 1. The largest absolute Gasteiger partial charge is 0.468 e. The first-order chi connectivity index (χ1) is 9.55. The van der Waals surface area contributed by atoms with E-state index < -0.39 is 5.54 Å². The van der Waals surface area contributed by atoms with Crippen LogP contribution in [-0.4, -0.2) is 49.7 Å². The molecule has 0 amide bonds. The highest BCUT2D eigenvalue weighted by Crippen LogP contribution is 2.20. The van der Waals surface area contributed by atoms with E-state index in [2.05, 4.69) is 17.1 Å². The molecule has 0 aromatic carbocycles. The monoisotopic (exact) mass is 284 g/mol.